The Hall–Kier alpha value is -1.55. The van der Waals surface area contributed by atoms with Gasteiger partial charge in [0.25, 0.3) is 0 Å². The lowest BCUT2D eigenvalue weighted by Crippen LogP contribution is -2.41. The zero-order valence-corrected chi connectivity index (χ0v) is 14.5. The average molecular weight is 314 g/mol. The predicted molar refractivity (Wildman–Crippen MR) is 98.0 cm³/mol. The summed E-state index contributed by atoms with van der Waals surface area (Å²) in [6.45, 7) is 7.74. The molecular weight excluding hydrogens is 284 g/mol. The molecule has 1 unspecified atom stereocenters. The number of nitrogens with zero attached hydrogens (tertiary/aromatic N) is 2. The minimum atomic E-state index is 0.546. The molecule has 1 saturated heterocycles. The Morgan fingerprint density at radius 3 is 2.96 bits per heavy atom. The molecule has 1 aliphatic heterocycles. The molecule has 1 atom stereocenters. The van der Waals surface area contributed by atoms with Crippen molar-refractivity contribution in [3.05, 3.63) is 29.3 Å². The number of nitrogens with one attached hydrogen (secondary N) is 1. The first kappa shape index (κ1) is 16.3. The molecule has 1 aromatic carbocycles. The second-order valence-corrected chi connectivity index (χ2v) is 7.28. The second-order valence-electron chi connectivity index (χ2n) is 7.28. The van der Waals surface area contributed by atoms with Crippen LogP contribution in [0.5, 0.6) is 0 Å². The number of benzene rings is 1. The molecular formula is C19H30N4. The Kier molecular flexibility index (Phi) is 5.21. The highest BCUT2D eigenvalue weighted by molar-refractivity contribution is 5.92. The van der Waals surface area contributed by atoms with Crippen LogP contribution < -0.4 is 11.1 Å². The molecule has 1 heterocycles. The summed E-state index contributed by atoms with van der Waals surface area (Å²) < 4.78 is 0. The number of guanidine groups is 1. The molecule has 1 aliphatic carbocycles. The van der Waals surface area contributed by atoms with Crippen LogP contribution in [0, 0.1) is 5.92 Å². The van der Waals surface area contributed by atoms with Gasteiger partial charge >= 0.3 is 0 Å². The number of fused-ring (bicyclic) bond motifs is 1. The van der Waals surface area contributed by atoms with Crippen molar-refractivity contribution in [2.45, 2.75) is 52.0 Å². The number of anilines is 1. The Bertz CT molecular complexity index is 564. The van der Waals surface area contributed by atoms with Crippen LogP contribution in [0.25, 0.3) is 0 Å². The molecule has 0 radical (unpaired) electrons. The smallest absolute Gasteiger partial charge is 0.193 e. The highest BCUT2D eigenvalue weighted by Crippen LogP contribution is 2.25. The van der Waals surface area contributed by atoms with Crippen LogP contribution in [0.4, 0.5) is 5.69 Å². The van der Waals surface area contributed by atoms with Gasteiger partial charge in [-0.2, -0.15) is 0 Å². The van der Waals surface area contributed by atoms with E-state index in [4.69, 9.17) is 5.73 Å². The van der Waals surface area contributed by atoms with E-state index in [9.17, 15) is 0 Å². The second kappa shape index (κ2) is 7.35. The molecule has 1 aromatic rings. The molecule has 4 nitrogen and oxygen atoms in total. The van der Waals surface area contributed by atoms with Gasteiger partial charge in [0.05, 0.1) is 0 Å². The number of hydrogen-bond acceptors (Lipinski definition) is 2. The lowest BCUT2D eigenvalue weighted by atomic mass is 9.97. The fourth-order valence-electron chi connectivity index (χ4n) is 3.78. The van der Waals surface area contributed by atoms with Gasteiger partial charge in [0, 0.05) is 24.8 Å². The van der Waals surface area contributed by atoms with Crippen LogP contribution in [0.1, 0.15) is 44.2 Å². The van der Waals surface area contributed by atoms with Crippen LogP contribution in [0.3, 0.4) is 0 Å². The molecule has 0 aromatic heterocycles. The average Bonchev–Trinajstić information content (AvgIpc) is 3.01. The van der Waals surface area contributed by atoms with Gasteiger partial charge in [0.15, 0.2) is 5.96 Å². The minimum Gasteiger partial charge on any atom is -0.370 e. The molecule has 3 N–H and O–H groups in total. The highest BCUT2D eigenvalue weighted by Gasteiger charge is 2.21. The number of aryl methyl sites for hydroxylation is 2. The molecule has 0 bridgehead atoms. The van der Waals surface area contributed by atoms with E-state index in [1.54, 1.807) is 0 Å². The van der Waals surface area contributed by atoms with Gasteiger partial charge in [-0.1, -0.05) is 6.07 Å². The van der Waals surface area contributed by atoms with Gasteiger partial charge in [-0.15, -0.1) is 0 Å². The van der Waals surface area contributed by atoms with E-state index < -0.39 is 0 Å². The van der Waals surface area contributed by atoms with Crippen LogP contribution >= 0.6 is 0 Å². The summed E-state index contributed by atoms with van der Waals surface area (Å²) in [4.78, 5) is 7.14. The first-order chi connectivity index (χ1) is 11.1. The molecule has 0 amide bonds. The van der Waals surface area contributed by atoms with E-state index in [1.165, 1.54) is 49.8 Å². The van der Waals surface area contributed by atoms with E-state index >= 15 is 0 Å². The first-order valence-electron chi connectivity index (χ1n) is 9.04. The number of likely N-dealkylation sites (tertiary alicyclic amines) is 1. The highest BCUT2D eigenvalue weighted by atomic mass is 15.2. The van der Waals surface area contributed by atoms with Gasteiger partial charge in [0.1, 0.15) is 0 Å². The zero-order chi connectivity index (χ0) is 16.2. The van der Waals surface area contributed by atoms with E-state index in [-0.39, 0.29) is 0 Å². The third kappa shape index (κ3) is 4.25. The Labute approximate surface area is 140 Å². The van der Waals surface area contributed by atoms with Crippen LogP contribution in [0.15, 0.2) is 23.2 Å². The van der Waals surface area contributed by atoms with Gasteiger partial charge in [-0.05, 0) is 81.7 Å². The fourth-order valence-corrected chi connectivity index (χ4v) is 3.78. The third-order valence-corrected chi connectivity index (χ3v) is 5.17. The number of rotatable bonds is 4. The minimum absolute atomic E-state index is 0.546. The number of hydrogen-bond donors (Lipinski definition) is 2. The van der Waals surface area contributed by atoms with Crippen molar-refractivity contribution >= 4 is 11.6 Å². The monoisotopic (exact) mass is 314 g/mol. The summed E-state index contributed by atoms with van der Waals surface area (Å²) in [6, 6.07) is 7.20. The predicted octanol–water partition coefficient (Wildman–Crippen LogP) is 3.02. The van der Waals surface area contributed by atoms with Crippen LogP contribution in [0.2, 0.25) is 0 Å². The summed E-state index contributed by atoms with van der Waals surface area (Å²) in [5, 5.41) is 3.26. The maximum Gasteiger partial charge on any atom is 0.193 e. The molecule has 0 spiro atoms. The Morgan fingerprint density at radius 2 is 2.13 bits per heavy atom. The summed E-state index contributed by atoms with van der Waals surface area (Å²) >= 11 is 0. The summed E-state index contributed by atoms with van der Waals surface area (Å²) in [5.41, 5.74) is 10.1. The Morgan fingerprint density at radius 1 is 1.30 bits per heavy atom. The maximum absolute atomic E-state index is 6.09. The maximum atomic E-state index is 6.09. The van der Waals surface area contributed by atoms with Gasteiger partial charge < -0.3 is 16.0 Å². The third-order valence-electron chi connectivity index (χ3n) is 5.17. The number of aliphatic imine (C=N–C) groups is 1. The van der Waals surface area contributed by atoms with Crippen molar-refractivity contribution in [2.24, 2.45) is 16.6 Å². The molecule has 23 heavy (non-hydrogen) atoms. The molecule has 4 heteroatoms. The summed E-state index contributed by atoms with van der Waals surface area (Å²) in [7, 11) is 0. The lowest BCUT2D eigenvalue weighted by Gasteiger charge is -2.34. The van der Waals surface area contributed by atoms with Crippen molar-refractivity contribution in [1.29, 1.82) is 0 Å². The lowest BCUT2D eigenvalue weighted by molar-refractivity contribution is 0.143. The van der Waals surface area contributed by atoms with E-state index in [0.29, 0.717) is 17.9 Å². The molecule has 126 valence electrons. The van der Waals surface area contributed by atoms with Gasteiger partial charge in [-0.3, -0.25) is 4.99 Å². The Balaban J connectivity index is 1.53. The first-order valence-corrected chi connectivity index (χ1v) is 9.04. The fraction of sp³-hybridized carbons (Fsp3) is 0.632. The quantitative estimate of drug-likeness (QED) is 0.663. The van der Waals surface area contributed by atoms with Crippen molar-refractivity contribution in [3.8, 4) is 0 Å². The van der Waals surface area contributed by atoms with Crippen LogP contribution in [-0.4, -0.2) is 36.5 Å². The largest absolute Gasteiger partial charge is 0.370 e. The molecule has 3 rings (SSSR count). The van der Waals surface area contributed by atoms with Crippen molar-refractivity contribution in [2.75, 3.05) is 25.0 Å². The molecule has 2 aliphatic rings. The molecule has 1 fully saturated rings. The SMILES string of the molecule is CC(C)N1CCCC(CN=C(N)Nc2ccc3c(c2)CCC3)C1. The van der Waals surface area contributed by atoms with Gasteiger partial charge in [0.2, 0.25) is 0 Å². The summed E-state index contributed by atoms with van der Waals surface area (Å²) in [5.74, 6) is 1.18. The van der Waals surface area contributed by atoms with E-state index in [2.05, 4.69) is 47.3 Å². The zero-order valence-electron chi connectivity index (χ0n) is 14.5. The number of piperidine rings is 1. The molecule has 0 saturated carbocycles. The van der Waals surface area contributed by atoms with Crippen molar-refractivity contribution < 1.29 is 0 Å². The van der Waals surface area contributed by atoms with Gasteiger partial charge in [-0.25, -0.2) is 0 Å². The normalized spacial score (nSPS) is 22.4. The van der Waals surface area contributed by atoms with Crippen molar-refractivity contribution in [1.82, 2.24) is 4.90 Å². The topological polar surface area (TPSA) is 53.6 Å². The van der Waals surface area contributed by atoms with Crippen LogP contribution in [-0.2, 0) is 12.8 Å². The van der Waals surface area contributed by atoms with E-state index in [0.717, 1.165) is 18.8 Å². The van der Waals surface area contributed by atoms with Crippen molar-refractivity contribution in [3.63, 3.8) is 0 Å². The number of nitrogens with two attached hydrogens (primary N) is 1. The standard InChI is InChI=1S/C19H30N4/c1-14(2)23-10-4-5-15(13-23)12-21-19(20)22-18-9-8-16-6-3-7-17(16)11-18/h8-9,11,14-15H,3-7,10,12-13H2,1-2H3,(H3,20,21,22). The summed E-state index contributed by atoms with van der Waals surface area (Å²) in [6.07, 6.45) is 6.22. The van der Waals surface area contributed by atoms with E-state index in [1.807, 2.05) is 0 Å².